The average molecular weight is 315 g/mol. The molecule has 1 aromatic heterocycles. The number of hydrogen-bond acceptors (Lipinski definition) is 5. The number of rotatable bonds is 3. The highest BCUT2D eigenvalue weighted by molar-refractivity contribution is 5.81. The predicted molar refractivity (Wildman–Crippen MR) is 81.8 cm³/mol. The highest BCUT2D eigenvalue weighted by Crippen LogP contribution is 2.44. The van der Waals surface area contributed by atoms with Crippen LogP contribution in [0, 0.1) is 21.3 Å². The monoisotopic (exact) mass is 315 g/mol. The van der Waals surface area contributed by atoms with Crippen molar-refractivity contribution in [3.63, 3.8) is 0 Å². The van der Waals surface area contributed by atoms with Gasteiger partial charge in [-0.3, -0.25) is 10.1 Å². The Morgan fingerprint density at radius 1 is 1.22 bits per heavy atom. The van der Waals surface area contributed by atoms with Crippen LogP contribution >= 0.6 is 0 Å². The summed E-state index contributed by atoms with van der Waals surface area (Å²) in [6.45, 7) is 2.73. The third-order valence-electron chi connectivity index (χ3n) is 4.42. The predicted octanol–water partition coefficient (Wildman–Crippen LogP) is 2.63. The Kier molecular flexibility index (Phi) is 3.05. The van der Waals surface area contributed by atoms with Crippen molar-refractivity contribution in [2.45, 2.75) is 0 Å². The lowest BCUT2D eigenvalue weighted by molar-refractivity contribution is -0.383. The van der Waals surface area contributed by atoms with E-state index in [1.54, 1.807) is 18.2 Å². The highest BCUT2D eigenvalue weighted by Gasteiger charge is 2.51. The fraction of sp³-hybridized carbons (Fsp3) is 0.312. The van der Waals surface area contributed by atoms with Crippen LogP contribution in [0.1, 0.15) is 0 Å². The Bertz CT molecular complexity index is 784. The van der Waals surface area contributed by atoms with Gasteiger partial charge in [0.2, 0.25) is 5.82 Å². The normalized spacial score (nSPS) is 18.4. The van der Waals surface area contributed by atoms with Crippen LogP contribution < -0.4 is 4.90 Å². The lowest BCUT2D eigenvalue weighted by atomic mass is 9.78. The number of ether oxygens (including phenoxy) is 1. The molecule has 0 amide bonds. The lowest BCUT2D eigenvalue weighted by Gasteiger charge is -2.55. The van der Waals surface area contributed by atoms with Gasteiger partial charge < -0.3 is 9.64 Å². The second-order valence-corrected chi connectivity index (χ2v) is 6.12. The van der Waals surface area contributed by atoms with E-state index in [2.05, 4.69) is 4.98 Å². The standard InChI is InChI=1S/C16H14FN3O3/c17-13-4-2-1-3-11(13)12-5-6-18-15(14(12)20(21)22)19-7-16(8-19)9-23-10-16/h1-6H,7-10H2. The largest absolute Gasteiger partial charge is 0.380 e. The van der Waals surface area contributed by atoms with Crippen LogP contribution in [0.15, 0.2) is 36.5 Å². The van der Waals surface area contributed by atoms with E-state index in [-0.39, 0.29) is 22.2 Å². The molecule has 0 aliphatic carbocycles. The fourth-order valence-electron chi connectivity index (χ4n) is 3.24. The van der Waals surface area contributed by atoms with Gasteiger partial charge in [-0.05, 0) is 12.1 Å². The highest BCUT2D eigenvalue weighted by atomic mass is 19.1. The van der Waals surface area contributed by atoms with Gasteiger partial charge in [0.15, 0.2) is 0 Å². The van der Waals surface area contributed by atoms with Gasteiger partial charge in [-0.15, -0.1) is 0 Å². The molecule has 0 bridgehead atoms. The summed E-state index contributed by atoms with van der Waals surface area (Å²) in [5.41, 5.74) is 0.436. The molecule has 2 aliphatic heterocycles. The number of nitrogens with zero attached hydrogens (tertiary/aromatic N) is 3. The van der Waals surface area contributed by atoms with E-state index in [0.29, 0.717) is 32.1 Å². The van der Waals surface area contributed by atoms with Crippen molar-refractivity contribution in [2.24, 2.45) is 5.41 Å². The third kappa shape index (κ3) is 2.16. The summed E-state index contributed by atoms with van der Waals surface area (Å²) in [7, 11) is 0. The summed E-state index contributed by atoms with van der Waals surface area (Å²) < 4.78 is 19.3. The quantitative estimate of drug-likeness (QED) is 0.643. The number of anilines is 1. The SMILES string of the molecule is O=[N+]([O-])c1c(-c2ccccc2F)ccnc1N1CC2(COC2)C1. The van der Waals surface area contributed by atoms with Crippen molar-refractivity contribution in [1.82, 2.24) is 4.98 Å². The number of aromatic nitrogens is 1. The molecule has 0 radical (unpaired) electrons. The minimum Gasteiger partial charge on any atom is -0.380 e. The molecular formula is C16H14FN3O3. The number of hydrogen-bond donors (Lipinski definition) is 0. The van der Waals surface area contributed by atoms with Crippen molar-refractivity contribution >= 4 is 11.5 Å². The molecule has 2 aromatic rings. The zero-order valence-electron chi connectivity index (χ0n) is 12.2. The van der Waals surface area contributed by atoms with Crippen molar-refractivity contribution in [2.75, 3.05) is 31.2 Å². The zero-order chi connectivity index (χ0) is 16.0. The lowest BCUT2D eigenvalue weighted by Crippen LogP contribution is -2.66. The maximum Gasteiger partial charge on any atom is 0.319 e. The van der Waals surface area contributed by atoms with Crippen LogP contribution in [-0.4, -0.2) is 36.2 Å². The maximum atomic E-state index is 14.1. The molecule has 0 unspecified atom stereocenters. The van der Waals surface area contributed by atoms with E-state index in [0.717, 1.165) is 0 Å². The van der Waals surface area contributed by atoms with Gasteiger partial charge >= 0.3 is 5.69 Å². The Hall–Kier alpha value is -2.54. The molecular weight excluding hydrogens is 301 g/mol. The van der Waals surface area contributed by atoms with E-state index in [9.17, 15) is 14.5 Å². The molecule has 118 valence electrons. The molecule has 2 fully saturated rings. The number of pyridine rings is 1. The third-order valence-corrected chi connectivity index (χ3v) is 4.42. The van der Waals surface area contributed by atoms with Crippen LogP contribution in [0.3, 0.4) is 0 Å². The fourth-order valence-corrected chi connectivity index (χ4v) is 3.24. The molecule has 1 spiro atoms. The smallest absolute Gasteiger partial charge is 0.319 e. The Morgan fingerprint density at radius 2 is 1.96 bits per heavy atom. The Balaban J connectivity index is 1.77. The second-order valence-electron chi connectivity index (χ2n) is 6.12. The van der Waals surface area contributed by atoms with Gasteiger partial charge in [0.1, 0.15) is 5.82 Å². The van der Waals surface area contributed by atoms with Gasteiger partial charge in [0.25, 0.3) is 0 Å². The first-order valence-corrected chi connectivity index (χ1v) is 7.31. The zero-order valence-corrected chi connectivity index (χ0v) is 12.2. The molecule has 0 atom stereocenters. The van der Waals surface area contributed by atoms with Crippen LogP contribution in [0.2, 0.25) is 0 Å². The number of nitro groups is 1. The molecule has 1 aromatic carbocycles. The molecule has 4 rings (SSSR count). The molecule has 0 saturated carbocycles. The van der Waals surface area contributed by atoms with E-state index < -0.39 is 10.7 Å². The topological polar surface area (TPSA) is 68.5 Å². The van der Waals surface area contributed by atoms with Crippen molar-refractivity contribution in [3.05, 3.63) is 52.5 Å². The maximum absolute atomic E-state index is 14.1. The molecule has 6 nitrogen and oxygen atoms in total. The summed E-state index contributed by atoms with van der Waals surface area (Å²) >= 11 is 0. The van der Waals surface area contributed by atoms with Gasteiger partial charge in [0, 0.05) is 24.8 Å². The van der Waals surface area contributed by atoms with Gasteiger partial charge in [-0.25, -0.2) is 9.37 Å². The summed E-state index contributed by atoms with van der Waals surface area (Å²) in [4.78, 5) is 17.2. The first-order chi connectivity index (χ1) is 11.1. The van der Waals surface area contributed by atoms with Gasteiger partial charge in [-0.2, -0.15) is 0 Å². The van der Waals surface area contributed by atoms with E-state index >= 15 is 0 Å². The van der Waals surface area contributed by atoms with Gasteiger partial charge in [-0.1, -0.05) is 18.2 Å². The number of benzene rings is 1. The summed E-state index contributed by atoms with van der Waals surface area (Å²) in [5, 5.41) is 11.6. The Morgan fingerprint density at radius 3 is 2.57 bits per heavy atom. The molecule has 3 heterocycles. The minimum atomic E-state index is -0.486. The number of halogens is 1. The molecule has 2 aliphatic rings. The van der Waals surface area contributed by atoms with Crippen molar-refractivity contribution in [3.8, 4) is 11.1 Å². The van der Waals surface area contributed by atoms with Crippen LogP contribution in [0.25, 0.3) is 11.1 Å². The van der Waals surface area contributed by atoms with Crippen LogP contribution in [0.4, 0.5) is 15.9 Å². The second kappa shape index (κ2) is 4.99. The van der Waals surface area contributed by atoms with E-state index in [1.807, 2.05) is 4.90 Å². The van der Waals surface area contributed by atoms with E-state index in [4.69, 9.17) is 4.74 Å². The van der Waals surface area contributed by atoms with Crippen molar-refractivity contribution in [1.29, 1.82) is 0 Å². The van der Waals surface area contributed by atoms with Crippen LogP contribution in [-0.2, 0) is 4.74 Å². The summed E-state index contributed by atoms with van der Waals surface area (Å²) in [5.74, 6) is -0.187. The van der Waals surface area contributed by atoms with Crippen molar-refractivity contribution < 1.29 is 14.1 Å². The molecule has 0 N–H and O–H groups in total. The van der Waals surface area contributed by atoms with Gasteiger partial charge in [0.05, 0.1) is 29.1 Å². The molecule has 7 heteroatoms. The minimum absolute atomic E-state index is 0.115. The molecule has 23 heavy (non-hydrogen) atoms. The first-order valence-electron chi connectivity index (χ1n) is 7.31. The van der Waals surface area contributed by atoms with Crippen LogP contribution in [0.5, 0.6) is 0 Å². The van der Waals surface area contributed by atoms with E-state index in [1.165, 1.54) is 18.3 Å². The average Bonchev–Trinajstić information content (AvgIpc) is 2.44. The summed E-state index contributed by atoms with van der Waals surface area (Å²) in [6, 6.07) is 7.54. The summed E-state index contributed by atoms with van der Waals surface area (Å²) in [6.07, 6.45) is 1.49. The molecule has 2 saturated heterocycles. The Labute approximate surface area is 131 Å². The first kappa shape index (κ1) is 14.1.